The van der Waals surface area contributed by atoms with Gasteiger partial charge in [-0.05, 0) is 25.0 Å². The highest BCUT2D eigenvalue weighted by Gasteiger charge is 1.99. The molecule has 0 N–H and O–H groups in total. The van der Waals surface area contributed by atoms with E-state index in [0.29, 0.717) is 0 Å². The number of unbranched alkanes of at least 4 members (excludes halogenated alkanes) is 1. The van der Waals surface area contributed by atoms with Gasteiger partial charge in [-0.15, -0.1) is 5.73 Å². The van der Waals surface area contributed by atoms with Gasteiger partial charge >= 0.3 is 0 Å². The van der Waals surface area contributed by atoms with Crippen molar-refractivity contribution in [3.63, 3.8) is 0 Å². The summed E-state index contributed by atoms with van der Waals surface area (Å²) in [7, 11) is 0. The topological polar surface area (TPSA) is 12.9 Å². The maximum absolute atomic E-state index is 4.26. The molecule has 0 saturated heterocycles. The Kier molecular flexibility index (Phi) is 4.01. The first-order valence-corrected chi connectivity index (χ1v) is 4.68. The Balaban J connectivity index is 2.75. The van der Waals surface area contributed by atoms with Crippen molar-refractivity contribution in [3.05, 3.63) is 42.4 Å². The molecular formula is C12H15N. The second kappa shape index (κ2) is 5.34. The monoisotopic (exact) mass is 173 g/mol. The van der Waals surface area contributed by atoms with Crippen molar-refractivity contribution in [2.75, 3.05) is 0 Å². The van der Waals surface area contributed by atoms with Crippen molar-refractivity contribution in [3.8, 4) is 0 Å². The Bertz CT molecular complexity index is 294. The highest BCUT2D eigenvalue weighted by molar-refractivity contribution is 5.61. The van der Waals surface area contributed by atoms with Crippen LogP contribution in [-0.4, -0.2) is 4.98 Å². The number of pyridine rings is 1. The van der Waals surface area contributed by atoms with E-state index in [1.165, 1.54) is 12.8 Å². The van der Waals surface area contributed by atoms with Gasteiger partial charge in [0.2, 0.25) is 0 Å². The molecular weight excluding hydrogens is 158 g/mol. The Morgan fingerprint density at radius 3 is 2.92 bits per heavy atom. The highest BCUT2D eigenvalue weighted by atomic mass is 14.7. The van der Waals surface area contributed by atoms with E-state index in [0.717, 1.165) is 17.7 Å². The van der Waals surface area contributed by atoms with E-state index < -0.39 is 0 Å². The first-order valence-electron chi connectivity index (χ1n) is 4.68. The molecule has 0 fully saturated rings. The lowest BCUT2D eigenvalue weighted by molar-refractivity contribution is 0.822. The molecule has 1 heterocycles. The van der Waals surface area contributed by atoms with E-state index in [1.54, 1.807) is 6.20 Å². The predicted octanol–water partition coefficient (Wildman–Crippen LogP) is 3.44. The van der Waals surface area contributed by atoms with E-state index in [1.807, 2.05) is 18.2 Å². The molecule has 0 radical (unpaired) electrons. The Labute approximate surface area is 79.8 Å². The Hall–Kier alpha value is -1.33. The number of allylic oxidation sites excluding steroid dienone is 1. The summed E-state index contributed by atoms with van der Waals surface area (Å²) in [5.74, 6) is 0. The van der Waals surface area contributed by atoms with Crippen LogP contribution in [0.15, 0.2) is 36.7 Å². The third-order valence-corrected chi connectivity index (χ3v) is 1.97. The molecule has 13 heavy (non-hydrogen) atoms. The minimum atomic E-state index is 1.01. The fourth-order valence-corrected chi connectivity index (χ4v) is 1.20. The third kappa shape index (κ3) is 2.89. The van der Waals surface area contributed by atoms with Gasteiger partial charge in [-0.3, -0.25) is 4.98 Å². The van der Waals surface area contributed by atoms with Crippen LogP contribution in [0.1, 0.15) is 31.9 Å². The summed E-state index contributed by atoms with van der Waals surface area (Å²) in [5, 5.41) is 0. The largest absolute Gasteiger partial charge is 0.256 e. The molecule has 0 aliphatic carbocycles. The second-order valence-electron chi connectivity index (χ2n) is 2.97. The smallest absolute Gasteiger partial charge is 0.0738 e. The van der Waals surface area contributed by atoms with Crippen LogP contribution in [-0.2, 0) is 0 Å². The quantitative estimate of drug-likeness (QED) is 0.635. The van der Waals surface area contributed by atoms with Crippen molar-refractivity contribution in [1.29, 1.82) is 0 Å². The van der Waals surface area contributed by atoms with Crippen LogP contribution in [0, 0.1) is 0 Å². The van der Waals surface area contributed by atoms with Gasteiger partial charge in [0.1, 0.15) is 0 Å². The van der Waals surface area contributed by atoms with Gasteiger partial charge in [0.05, 0.1) is 5.69 Å². The van der Waals surface area contributed by atoms with Crippen LogP contribution in [0.3, 0.4) is 0 Å². The van der Waals surface area contributed by atoms with Gasteiger partial charge in [-0.1, -0.05) is 26.0 Å². The Morgan fingerprint density at radius 2 is 2.38 bits per heavy atom. The summed E-state index contributed by atoms with van der Waals surface area (Å²) in [6, 6.07) is 5.92. The fraction of sp³-hybridized carbons (Fsp3) is 0.333. The zero-order chi connectivity index (χ0) is 9.52. The average Bonchev–Trinajstić information content (AvgIpc) is 2.21. The van der Waals surface area contributed by atoms with Gasteiger partial charge < -0.3 is 0 Å². The van der Waals surface area contributed by atoms with Gasteiger partial charge in [-0.2, -0.15) is 0 Å². The normalized spacial score (nSPS) is 9.31. The van der Waals surface area contributed by atoms with Crippen molar-refractivity contribution < 1.29 is 0 Å². The molecule has 1 rings (SSSR count). The number of nitrogens with zero attached hydrogens (tertiary/aromatic N) is 1. The van der Waals surface area contributed by atoms with Crippen LogP contribution < -0.4 is 0 Å². The van der Waals surface area contributed by atoms with E-state index in [2.05, 4.69) is 24.2 Å². The fourth-order valence-electron chi connectivity index (χ4n) is 1.20. The minimum Gasteiger partial charge on any atom is -0.256 e. The van der Waals surface area contributed by atoms with Crippen molar-refractivity contribution >= 4 is 5.57 Å². The Morgan fingerprint density at radius 1 is 1.54 bits per heavy atom. The number of hydrogen-bond donors (Lipinski definition) is 0. The predicted molar refractivity (Wildman–Crippen MR) is 56.3 cm³/mol. The summed E-state index contributed by atoms with van der Waals surface area (Å²) in [4.78, 5) is 4.26. The van der Waals surface area contributed by atoms with Crippen LogP contribution >= 0.6 is 0 Å². The molecule has 0 bridgehead atoms. The van der Waals surface area contributed by atoms with E-state index in [-0.39, 0.29) is 0 Å². The van der Waals surface area contributed by atoms with Gasteiger partial charge in [-0.25, -0.2) is 0 Å². The van der Waals surface area contributed by atoms with Crippen molar-refractivity contribution in [2.45, 2.75) is 26.2 Å². The molecule has 0 aliphatic rings. The summed E-state index contributed by atoms with van der Waals surface area (Å²) < 4.78 is 0. The molecule has 0 saturated carbocycles. The van der Waals surface area contributed by atoms with Crippen LogP contribution in [0.2, 0.25) is 0 Å². The van der Waals surface area contributed by atoms with Crippen LogP contribution in [0.4, 0.5) is 0 Å². The highest BCUT2D eigenvalue weighted by Crippen LogP contribution is 2.16. The molecule has 0 aromatic carbocycles. The maximum Gasteiger partial charge on any atom is 0.0738 e. The molecule has 0 unspecified atom stereocenters. The lowest BCUT2D eigenvalue weighted by Gasteiger charge is -2.01. The van der Waals surface area contributed by atoms with Crippen LogP contribution in [0.5, 0.6) is 0 Å². The first-order chi connectivity index (χ1) is 6.38. The van der Waals surface area contributed by atoms with Gasteiger partial charge in [0.25, 0.3) is 0 Å². The summed E-state index contributed by atoms with van der Waals surface area (Å²) in [5.41, 5.74) is 5.09. The summed E-state index contributed by atoms with van der Waals surface area (Å²) in [6.07, 6.45) is 5.20. The molecule has 0 amide bonds. The molecule has 1 aromatic heterocycles. The molecule has 0 aliphatic heterocycles. The molecule has 0 atom stereocenters. The number of hydrogen-bond acceptors (Lipinski definition) is 1. The molecule has 1 heteroatoms. The van der Waals surface area contributed by atoms with Gasteiger partial charge in [0.15, 0.2) is 0 Å². The van der Waals surface area contributed by atoms with Crippen LogP contribution in [0.25, 0.3) is 5.57 Å². The molecule has 0 spiro atoms. The minimum absolute atomic E-state index is 1.01. The molecule has 1 aromatic rings. The molecule has 68 valence electrons. The summed E-state index contributed by atoms with van der Waals surface area (Å²) >= 11 is 0. The zero-order valence-corrected chi connectivity index (χ0v) is 8.09. The molecule has 1 nitrogen and oxygen atoms in total. The average molecular weight is 173 g/mol. The lowest BCUT2D eigenvalue weighted by Crippen LogP contribution is -1.87. The third-order valence-electron chi connectivity index (χ3n) is 1.97. The van der Waals surface area contributed by atoms with E-state index >= 15 is 0 Å². The van der Waals surface area contributed by atoms with Gasteiger partial charge in [0, 0.05) is 11.8 Å². The van der Waals surface area contributed by atoms with Crippen molar-refractivity contribution in [2.24, 2.45) is 0 Å². The number of rotatable bonds is 4. The SMILES string of the molecule is C=C=C(CCCC)c1ccccn1. The lowest BCUT2D eigenvalue weighted by atomic mass is 10.1. The van der Waals surface area contributed by atoms with E-state index in [9.17, 15) is 0 Å². The number of aromatic nitrogens is 1. The second-order valence-corrected chi connectivity index (χ2v) is 2.97. The van der Waals surface area contributed by atoms with Crippen molar-refractivity contribution in [1.82, 2.24) is 4.98 Å². The van der Waals surface area contributed by atoms with E-state index in [4.69, 9.17) is 0 Å². The first kappa shape index (κ1) is 9.76. The zero-order valence-electron chi connectivity index (χ0n) is 8.09. The summed E-state index contributed by atoms with van der Waals surface area (Å²) in [6.45, 7) is 5.87. The standard InChI is InChI=1S/C12H15N/c1-3-5-8-11(4-2)12-9-6-7-10-13-12/h6-7,9-10H,2-3,5,8H2,1H3. The maximum atomic E-state index is 4.26.